The van der Waals surface area contributed by atoms with Crippen LogP contribution in [-0.2, 0) is 9.53 Å². The molecule has 1 fully saturated rings. The Bertz CT molecular complexity index is 527. The summed E-state index contributed by atoms with van der Waals surface area (Å²) in [6.07, 6.45) is 1.17. The monoisotopic (exact) mass is 334 g/mol. The van der Waals surface area contributed by atoms with E-state index in [1.807, 2.05) is 26.0 Å². The SMILES string of the molecule is CC[C@@H](Oc1ccc(C)cc1C)C(=O)NCCCN1CCOCC1. The Kier molecular flexibility index (Phi) is 7.53. The van der Waals surface area contributed by atoms with Crippen molar-refractivity contribution in [3.8, 4) is 5.75 Å². The van der Waals surface area contributed by atoms with Crippen molar-refractivity contribution in [3.05, 3.63) is 29.3 Å². The number of aryl methyl sites for hydroxylation is 2. The van der Waals surface area contributed by atoms with E-state index < -0.39 is 6.10 Å². The summed E-state index contributed by atoms with van der Waals surface area (Å²) < 4.78 is 11.3. The Balaban J connectivity index is 1.74. The summed E-state index contributed by atoms with van der Waals surface area (Å²) in [6.45, 7) is 11.3. The average Bonchev–Trinajstić information content (AvgIpc) is 2.59. The zero-order valence-electron chi connectivity index (χ0n) is 15.1. The number of ether oxygens (including phenoxy) is 2. The molecule has 1 amide bonds. The number of hydrogen-bond donors (Lipinski definition) is 1. The molecule has 5 nitrogen and oxygen atoms in total. The average molecular weight is 334 g/mol. The molecular weight excluding hydrogens is 304 g/mol. The molecule has 0 unspecified atom stereocenters. The highest BCUT2D eigenvalue weighted by molar-refractivity contribution is 5.81. The summed E-state index contributed by atoms with van der Waals surface area (Å²) in [4.78, 5) is 14.7. The van der Waals surface area contributed by atoms with Gasteiger partial charge in [0.2, 0.25) is 0 Å². The summed E-state index contributed by atoms with van der Waals surface area (Å²) >= 11 is 0. The lowest BCUT2D eigenvalue weighted by Gasteiger charge is -2.26. The highest BCUT2D eigenvalue weighted by Gasteiger charge is 2.19. The third-order valence-electron chi connectivity index (χ3n) is 4.32. The van der Waals surface area contributed by atoms with E-state index in [-0.39, 0.29) is 5.91 Å². The van der Waals surface area contributed by atoms with E-state index in [1.54, 1.807) is 0 Å². The van der Waals surface area contributed by atoms with Crippen molar-refractivity contribution in [1.82, 2.24) is 10.2 Å². The largest absolute Gasteiger partial charge is 0.480 e. The van der Waals surface area contributed by atoms with Crippen molar-refractivity contribution < 1.29 is 14.3 Å². The first-order valence-electron chi connectivity index (χ1n) is 8.92. The summed E-state index contributed by atoms with van der Waals surface area (Å²) in [7, 11) is 0. The van der Waals surface area contributed by atoms with Crippen LogP contribution < -0.4 is 10.1 Å². The summed E-state index contributed by atoms with van der Waals surface area (Å²) in [6, 6.07) is 6.02. The quantitative estimate of drug-likeness (QED) is 0.741. The standard InChI is InChI=1S/C19H30N2O3/c1-4-17(24-18-7-6-15(2)14-16(18)3)19(22)20-8-5-9-21-10-12-23-13-11-21/h6-7,14,17H,4-5,8-13H2,1-3H3,(H,20,22)/t17-/m1/s1. The van der Waals surface area contributed by atoms with Crippen molar-refractivity contribution >= 4 is 5.91 Å². The highest BCUT2D eigenvalue weighted by Crippen LogP contribution is 2.20. The van der Waals surface area contributed by atoms with E-state index >= 15 is 0 Å². The van der Waals surface area contributed by atoms with Gasteiger partial charge in [0.1, 0.15) is 5.75 Å². The van der Waals surface area contributed by atoms with Crippen LogP contribution >= 0.6 is 0 Å². The van der Waals surface area contributed by atoms with Crippen LogP contribution in [0.1, 0.15) is 30.9 Å². The Morgan fingerprint density at radius 3 is 2.75 bits per heavy atom. The number of nitrogens with zero attached hydrogens (tertiary/aromatic N) is 1. The van der Waals surface area contributed by atoms with Gasteiger partial charge in [-0.3, -0.25) is 9.69 Å². The predicted molar refractivity (Wildman–Crippen MR) is 95.5 cm³/mol. The van der Waals surface area contributed by atoms with Crippen LogP contribution in [0.25, 0.3) is 0 Å². The zero-order chi connectivity index (χ0) is 17.4. The second-order valence-corrected chi connectivity index (χ2v) is 6.38. The minimum atomic E-state index is -0.435. The highest BCUT2D eigenvalue weighted by atomic mass is 16.5. The van der Waals surface area contributed by atoms with Gasteiger partial charge in [0, 0.05) is 19.6 Å². The van der Waals surface area contributed by atoms with Crippen LogP contribution in [0.3, 0.4) is 0 Å². The Labute approximate surface area is 145 Å². The molecule has 1 aliphatic heterocycles. The molecule has 0 saturated carbocycles. The maximum absolute atomic E-state index is 12.3. The molecule has 1 aromatic carbocycles. The molecule has 0 radical (unpaired) electrons. The van der Waals surface area contributed by atoms with Gasteiger partial charge in [0.15, 0.2) is 6.10 Å². The molecule has 1 N–H and O–H groups in total. The van der Waals surface area contributed by atoms with Crippen LogP contribution in [-0.4, -0.2) is 56.3 Å². The van der Waals surface area contributed by atoms with Gasteiger partial charge in [0.25, 0.3) is 5.91 Å². The molecule has 134 valence electrons. The molecule has 24 heavy (non-hydrogen) atoms. The zero-order valence-corrected chi connectivity index (χ0v) is 15.1. The summed E-state index contributed by atoms with van der Waals surface area (Å²) in [5.74, 6) is 0.760. The maximum atomic E-state index is 12.3. The lowest BCUT2D eigenvalue weighted by molar-refractivity contribution is -0.128. The number of benzene rings is 1. The first kappa shape index (κ1) is 18.7. The normalized spacial score (nSPS) is 16.6. The van der Waals surface area contributed by atoms with Gasteiger partial charge in [-0.25, -0.2) is 0 Å². The van der Waals surface area contributed by atoms with Crippen LogP contribution in [0.5, 0.6) is 5.75 Å². The van der Waals surface area contributed by atoms with Gasteiger partial charge < -0.3 is 14.8 Å². The van der Waals surface area contributed by atoms with Crippen molar-refractivity contribution in [2.24, 2.45) is 0 Å². The van der Waals surface area contributed by atoms with E-state index in [0.717, 1.165) is 50.6 Å². The number of carbonyl (C=O) groups is 1. The second-order valence-electron chi connectivity index (χ2n) is 6.38. The molecule has 1 aromatic rings. The summed E-state index contributed by atoms with van der Waals surface area (Å²) in [5, 5.41) is 3.00. The van der Waals surface area contributed by atoms with E-state index in [4.69, 9.17) is 9.47 Å². The molecule has 0 bridgehead atoms. The predicted octanol–water partition coefficient (Wildman–Crippen LogP) is 2.30. The third-order valence-corrected chi connectivity index (χ3v) is 4.32. The second kappa shape index (κ2) is 9.64. The maximum Gasteiger partial charge on any atom is 0.261 e. The van der Waals surface area contributed by atoms with Gasteiger partial charge in [-0.15, -0.1) is 0 Å². The van der Waals surface area contributed by atoms with Crippen molar-refractivity contribution in [2.45, 2.75) is 39.7 Å². The Morgan fingerprint density at radius 1 is 1.33 bits per heavy atom. The Hall–Kier alpha value is -1.59. The fourth-order valence-electron chi connectivity index (χ4n) is 2.86. The minimum absolute atomic E-state index is 0.0283. The van der Waals surface area contributed by atoms with E-state index in [0.29, 0.717) is 13.0 Å². The molecule has 0 spiro atoms. The topological polar surface area (TPSA) is 50.8 Å². The fraction of sp³-hybridized carbons (Fsp3) is 0.632. The molecule has 2 rings (SSSR count). The van der Waals surface area contributed by atoms with Crippen LogP contribution in [0.4, 0.5) is 0 Å². The number of nitrogens with one attached hydrogen (secondary N) is 1. The molecule has 0 aliphatic carbocycles. The summed E-state index contributed by atoms with van der Waals surface area (Å²) in [5.41, 5.74) is 2.26. The number of amides is 1. The minimum Gasteiger partial charge on any atom is -0.480 e. The van der Waals surface area contributed by atoms with Crippen LogP contribution in [0, 0.1) is 13.8 Å². The molecule has 1 saturated heterocycles. The van der Waals surface area contributed by atoms with Gasteiger partial charge in [-0.05, 0) is 44.9 Å². The number of hydrogen-bond acceptors (Lipinski definition) is 4. The first-order valence-corrected chi connectivity index (χ1v) is 8.92. The molecule has 0 aromatic heterocycles. The van der Waals surface area contributed by atoms with Crippen molar-refractivity contribution in [1.29, 1.82) is 0 Å². The Morgan fingerprint density at radius 2 is 2.08 bits per heavy atom. The molecule has 1 atom stereocenters. The number of carbonyl (C=O) groups excluding carboxylic acids is 1. The van der Waals surface area contributed by atoms with Crippen LogP contribution in [0.15, 0.2) is 18.2 Å². The molecule has 5 heteroatoms. The molecule has 1 aliphatic rings. The van der Waals surface area contributed by atoms with E-state index in [9.17, 15) is 4.79 Å². The van der Waals surface area contributed by atoms with Crippen molar-refractivity contribution in [2.75, 3.05) is 39.4 Å². The van der Waals surface area contributed by atoms with Crippen molar-refractivity contribution in [3.63, 3.8) is 0 Å². The lowest BCUT2D eigenvalue weighted by Crippen LogP contribution is -2.41. The van der Waals surface area contributed by atoms with Gasteiger partial charge >= 0.3 is 0 Å². The molecule has 1 heterocycles. The van der Waals surface area contributed by atoms with Crippen LogP contribution in [0.2, 0.25) is 0 Å². The van der Waals surface area contributed by atoms with Gasteiger partial charge in [0.05, 0.1) is 13.2 Å². The van der Waals surface area contributed by atoms with E-state index in [1.165, 1.54) is 5.56 Å². The lowest BCUT2D eigenvalue weighted by atomic mass is 10.1. The van der Waals surface area contributed by atoms with Gasteiger partial charge in [-0.1, -0.05) is 24.6 Å². The number of rotatable bonds is 8. The van der Waals surface area contributed by atoms with E-state index in [2.05, 4.69) is 23.2 Å². The van der Waals surface area contributed by atoms with Gasteiger partial charge in [-0.2, -0.15) is 0 Å². The third kappa shape index (κ3) is 5.80. The fourth-order valence-corrected chi connectivity index (χ4v) is 2.86. The first-order chi connectivity index (χ1) is 11.6. The molecular formula is C19H30N2O3. The number of morpholine rings is 1. The smallest absolute Gasteiger partial charge is 0.261 e.